The van der Waals surface area contributed by atoms with Gasteiger partial charge in [-0.15, -0.1) is 0 Å². The molecule has 0 aromatic carbocycles. The molecule has 0 saturated carbocycles. The number of aliphatic hydroxyl groups is 1. The summed E-state index contributed by atoms with van der Waals surface area (Å²) in [6.07, 6.45) is 1.98. The van der Waals surface area contributed by atoms with Crippen LogP contribution in [0.2, 0.25) is 0 Å². The Labute approximate surface area is 77.0 Å². The van der Waals surface area contributed by atoms with E-state index < -0.39 is 11.9 Å². The van der Waals surface area contributed by atoms with Crippen molar-refractivity contribution in [3.05, 3.63) is 12.2 Å². The number of hydrogen-bond donors (Lipinski definition) is 1. The molecule has 0 heterocycles. The lowest BCUT2D eigenvalue weighted by molar-refractivity contribution is -0.137. The third-order valence-corrected chi connectivity index (χ3v) is 0.758. The fourth-order valence-electron chi connectivity index (χ4n) is 0.272. The number of hydrogen-bond acceptors (Lipinski definition) is 5. The largest absolute Gasteiger partial charge is 0.466 e. The van der Waals surface area contributed by atoms with E-state index in [4.69, 9.17) is 5.11 Å². The van der Waals surface area contributed by atoms with Crippen LogP contribution in [0, 0.1) is 0 Å². The van der Waals surface area contributed by atoms with Crippen molar-refractivity contribution in [3.63, 3.8) is 0 Å². The Balaban J connectivity index is 0. The minimum absolute atomic E-state index is 0.250. The second kappa shape index (κ2) is 10.6. The van der Waals surface area contributed by atoms with E-state index in [0.29, 0.717) is 0 Å². The normalized spacial score (nSPS) is 8.62. The van der Waals surface area contributed by atoms with E-state index in [1.54, 1.807) is 6.92 Å². The summed E-state index contributed by atoms with van der Waals surface area (Å²) in [6.45, 7) is 1.93. The predicted molar refractivity (Wildman–Crippen MR) is 45.9 cm³/mol. The van der Waals surface area contributed by atoms with Gasteiger partial charge in [-0.25, -0.2) is 9.59 Å². The van der Waals surface area contributed by atoms with Crippen LogP contribution in [-0.4, -0.2) is 37.9 Å². The number of methoxy groups -OCH3 is 2. The standard InChI is InChI=1S/C6H8O4.C2H6O/c1-9-5(7)3-4-6(8)10-2;1-2-3/h3-4H,1-2H3;3H,2H2,1H3/b4-3-;. The van der Waals surface area contributed by atoms with Crippen molar-refractivity contribution in [1.29, 1.82) is 0 Å². The molecule has 0 spiro atoms. The van der Waals surface area contributed by atoms with Gasteiger partial charge in [0.25, 0.3) is 0 Å². The van der Waals surface area contributed by atoms with Crippen LogP contribution in [0.3, 0.4) is 0 Å². The highest BCUT2D eigenvalue weighted by molar-refractivity contribution is 5.91. The molecule has 0 rings (SSSR count). The topological polar surface area (TPSA) is 72.8 Å². The molecular weight excluding hydrogens is 176 g/mol. The molecule has 0 amide bonds. The Hall–Kier alpha value is -1.36. The van der Waals surface area contributed by atoms with E-state index in [1.807, 2.05) is 0 Å². The van der Waals surface area contributed by atoms with Crippen molar-refractivity contribution < 1.29 is 24.2 Å². The lowest BCUT2D eigenvalue weighted by Crippen LogP contribution is -1.98. The number of aliphatic hydroxyl groups excluding tert-OH is 1. The van der Waals surface area contributed by atoms with Crippen LogP contribution in [-0.2, 0) is 19.1 Å². The fraction of sp³-hybridized carbons (Fsp3) is 0.500. The first kappa shape index (κ1) is 14.2. The molecule has 0 unspecified atom stereocenters. The molecule has 0 aliphatic carbocycles. The third-order valence-electron chi connectivity index (χ3n) is 0.758. The van der Waals surface area contributed by atoms with E-state index >= 15 is 0 Å². The van der Waals surface area contributed by atoms with E-state index in [-0.39, 0.29) is 6.61 Å². The van der Waals surface area contributed by atoms with Crippen molar-refractivity contribution >= 4 is 11.9 Å². The van der Waals surface area contributed by atoms with Crippen LogP contribution in [0.1, 0.15) is 6.92 Å². The first-order valence-corrected chi connectivity index (χ1v) is 3.57. The van der Waals surface area contributed by atoms with Gasteiger partial charge in [0.2, 0.25) is 0 Å². The lowest BCUT2D eigenvalue weighted by Gasteiger charge is -1.89. The van der Waals surface area contributed by atoms with Crippen molar-refractivity contribution in [2.45, 2.75) is 6.92 Å². The molecule has 5 heteroatoms. The van der Waals surface area contributed by atoms with Crippen LogP contribution in [0.4, 0.5) is 0 Å². The van der Waals surface area contributed by atoms with Gasteiger partial charge in [-0.05, 0) is 6.92 Å². The van der Waals surface area contributed by atoms with Gasteiger partial charge in [0.1, 0.15) is 0 Å². The summed E-state index contributed by atoms with van der Waals surface area (Å²) >= 11 is 0. The van der Waals surface area contributed by atoms with Crippen LogP contribution < -0.4 is 0 Å². The highest BCUT2D eigenvalue weighted by Gasteiger charge is 1.94. The average molecular weight is 190 g/mol. The summed E-state index contributed by atoms with van der Waals surface area (Å²) in [7, 11) is 2.45. The molecule has 0 aliphatic rings. The zero-order chi connectivity index (χ0) is 10.7. The molecule has 0 radical (unpaired) electrons. The number of carbonyl (C=O) groups is 2. The van der Waals surface area contributed by atoms with Crippen LogP contribution >= 0.6 is 0 Å². The predicted octanol–water partition coefficient (Wildman–Crippen LogP) is -0.113. The van der Waals surface area contributed by atoms with Gasteiger partial charge < -0.3 is 14.6 Å². The maximum atomic E-state index is 10.3. The monoisotopic (exact) mass is 190 g/mol. The Morgan fingerprint density at radius 1 is 1.15 bits per heavy atom. The molecule has 0 fully saturated rings. The Morgan fingerprint density at radius 2 is 1.38 bits per heavy atom. The molecule has 0 saturated heterocycles. The molecular formula is C8H14O5. The molecule has 13 heavy (non-hydrogen) atoms. The zero-order valence-corrected chi connectivity index (χ0v) is 7.94. The summed E-state index contributed by atoms with van der Waals surface area (Å²) < 4.78 is 8.42. The van der Waals surface area contributed by atoms with Crippen molar-refractivity contribution in [2.24, 2.45) is 0 Å². The van der Waals surface area contributed by atoms with Gasteiger partial charge in [-0.3, -0.25) is 0 Å². The Bertz CT molecular complexity index is 155. The summed E-state index contributed by atoms with van der Waals surface area (Å²) in [4.78, 5) is 20.6. The second-order valence-corrected chi connectivity index (χ2v) is 1.70. The van der Waals surface area contributed by atoms with Gasteiger partial charge >= 0.3 is 11.9 Å². The molecule has 0 atom stereocenters. The number of ether oxygens (including phenoxy) is 2. The first-order chi connectivity index (χ1) is 6.12. The quantitative estimate of drug-likeness (QED) is 0.485. The van der Waals surface area contributed by atoms with Gasteiger partial charge in [-0.1, -0.05) is 0 Å². The van der Waals surface area contributed by atoms with Crippen LogP contribution in [0.25, 0.3) is 0 Å². The van der Waals surface area contributed by atoms with E-state index in [9.17, 15) is 9.59 Å². The molecule has 0 aromatic rings. The Kier molecular flexibility index (Phi) is 11.6. The van der Waals surface area contributed by atoms with Crippen molar-refractivity contribution in [3.8, 4) is 0 Å². The summed E-state index contributed by atoms with van der Waals surface area (Å²) in [5.74, 6) is -1.16. The van der Waals surface area contributed by atoms with Crippen molar-refractivity contribution in [2.75, 3.05) is 20.8 Å². The molecule has 5 nitrogen and oxygen atoms in total. The molecule has 0 aromatic heterocycles. The number of carbonyl (C=O) groups excluding carboxylic acids is 2. The summed E-state index contributed by atoms with van der Waals surface area (Å²) in [5, 5.41) is 7.57. The number of esters is 2. The van der Waals surface area contributed by atoms with E-state index in [0.717, 1.165) is 12.2 Å². The fourth-order valence-corrected chi connectivity index (χ4v) is 0.272. The maximum Gasteiger partial charge on any atom is 0.330 e. The third kappa shape index (κ3) is 13.6. The summed E-state index contributed by atoms with van der Waals surface area (Å²) in [5.41, 5.74) is 0. The maximum absolute atomic E-state index is 10.3. The lowest BCUT2D eigenvalue weighted by atomic mass is 10.5. The second-order valence-electron chi connectivity index (χ2n) is 1.70. The molecule has 76 valence electrons. The van der Waals surface area contributed by atoms with E-state index in [1.165, 1.54) is 14.2 Å². The van der Waals surface area contributed by atoms with Gasteiger partial charge in [-0.2, -0.15) is 0 Å². The van der Waals surface area contributed by atoms with E-state index in [2.05, 4.69) is 9.47 Å². The minimum Gasteiger partial charge on any atom is -0.466 e. The average Bonchev–Trinajstić information content (AvgIpc) is 2.14. The van der Waals surface area contributed by atoms with Gasteiger partial charge in [0.05, 0.1) is 14.2 Å². The SMILES string of the molecule is CCO.COC(=O)/C=C\C(=O)OC. The van der Waals surface area contributed by atoms with Gasteiger partial charge in [0.15, 0.2) is 0 Å². The first-order valence-electron chi connectivity index (χ1n) is 3.57. The highest BCUT2D eigenvalue weighted by Crippen LogP contribution is 1.80. The van der Waals surface area contributed by atoms with Crippen molar-refractivity contribution in [1.82, 2.24) is 0 Å². The van der Waals surface area contributed by atoms with Crippen LogP contribution in [0.5, 0.6) is 0 Å². The zero-order valence-electron chi connectivity index (χ0n) is 7.94. The summed E-state index contributed by atoms with van der Waals surface area (Å²) in [6, 6.07) is 0. The minimum atomic E-state index is -0.578. The molecule has 0 bridgehead atoms. The highest BCUT2D eigenvalue weighted by atomic mass is 16.5. The molecule has 0 aliphatic heterocycles. The van der Waals surface area contributed by atoms with Gasteiger partial charge in [0, 0.05) is 18.8 Å². The smallest absolute Gasteiger partial charge is 0.330 e. The number of rotatable bonds is 2. The molecule has 1 N–H and O–H groups in total. The Morgan fingerprint density at radius 3 is 1.54 bits per heavy atom. The van der Waals surface area contributed by atoms with Crippen LogP contribution in [0.15, 0.2) is 12.2 Å².